The highest BCUT2D eigenvalue weighted by Crippen LogP contribution is 2.29. The van der Waals surface area contributed by atoms with E-state index in [0.29, 0.717) is 24.6 Å². The molecule has 2 heterocycles. The lowest BCUT2D eigenvalue weighted by Crippen LogP contribution is -2.36. The molecule has 1 aromatic rings. The summed E-state index contributed by atoms with van der Waals surface area (Å²) in [4.78, 5) is 15.8. The van der Waals surface area contributed by atoms with Crippen molar-refractivity contribution in [2.24, 2.45) is 0 Å². The number of rotatable bonds is 0. The molecule has 0 aliphatic carbocycles. The SMILES string of the molecule is O=C(O)N1CCOc2ccncc21. The lowest BCUT2D eigenvalue weighted by atomic mass is 10.3. The van der Waals surface area contributed by atoms with E-state index in [1.54, 1.807) is 12.3 Å². The minimum absolute atomic E-state index is 0.355. The molecule has 0 bridgehead atoms. The van der Waals surface area contributed by atoms with Gasteiger partial charge < -0.3 is 9.84 Å². The smallest absolute Gasteiger partial charge is 0.412 e. The number of pyridine rings is 1. The van der Waals surface area contributed by atoms with E-state index >= 15 is 0 Å². The number of nitrogens with zero attached hydrogens (tertiary/aromatic N) is 2. The fourth-order valence-corrected chi connectivity index (χ4v) is 1.26. The molecule has 13 heavy (non-hydrogen) atoms. The largest absolute Gasteiger partial charge is 0.489 e. The molecule has 0 radical (unpaired) electrons. The Morgan fingerprint density at radius 3 is 3.31 bits per heavy atom. The van der Waals surface area contributed by atoms with Crippen LogP contribution in [0, 0.1) is 0 Å². The van der Waals surface area contributed by atoms with E-state index in [0.717, 1.165) is 0 Å². The van der Waals surface area contributed by atoms with Crippen LogP contribution in [0.5, 0.6) is 5.75 Å². The van der Waals surface area contributed by atoms with Crippen molar-refractivity contribution in [1.82, 2.24) is 4.98 Å². The van der Waals surface area contributed by atoms with Gasteiger partial charge in [0.05, 0.1) is 12.7 Å². The Morgan fingerprint density at radius 1 is 1.69 bits per heavy atom. The van der Waals surface area contributed by atoms with Crippen LogP contribution >= 0.6 is 0 Å². The van der Waals surface area contributed by atoms with Crippen LogP contribution in [-0.2, 0) is 0 Å². The second-order valence-corrected chi connectivity index (χ2v) is 2.63. The first-order valence-corrected chi connectivity index (χ1v) is 3.86. The number of aromatic nitrogens is 1. The number of carbonyl (C=O) groups is 1. The fraction of sp³-hybridized carbons (Fsp3) is 0.250. The standard InChI is InChI=1S/C8H8N2O3/c11-8(12)10-3-4-13-7-1-2-9-5-6(7)10/h1-2,5H,3-4H2,(H,11,12). The van der Waals surface area contributed by atoms with Gasteiger partial charge in [-0.25, -0.2) is 4.79 Å². The summed E-state index contributed by atoms with van der Waals surface area (Å²) in [6, 6.07) is 1.66. The number of carboxylic acid groups (broad SMARTS) is 1. The molecule has 0 unspecified atom stereocenters. The van der Waals surface area contributed by atoms with Crippen LogP contribution in [0.1, 0.15) is 0 Å². The van der Waals surface area contributed by atoms with Crippen LogP contribution in [0.4, 0.5) is 10.5 Å². The van der Waals surface area contributed by atoms with Crippen molar-refractivity contribution in [3.8, 4) is 5.75 Å². The van der Waals surface area contributed by atoms with Gasteiger partial charge in [-0.3, -0.25) is 9.88 Å². The molecule has 1 N–H and O–H groups in total. The van der Waals surface area contributed by atoms with E-state index < -0.39 is 6.09 Å². The van der Waals surface area contributed by atoms with Gasteiger partial charge in [-0.2, -0.15) is 0 Å². The molecule has 0 atom stereocenters. The molecule has 68 valence electrons. The zero-order valence-electron chi connectivity index (χ0n) is 6.80. The van der Waals surface area contributed by atoms with Crippen LogP contribution in [0.25, 0.3) is 0 Å². The van der Waals surface area contributed by atoms with Gasteiger partial charge in [0.2, 0.25) is 0 Å². The third kappa shape index (κ3) is 1.28. The van der Waals surface area contributed by atoms with E-state index in [2.05, 4.69) is 4.98 Å². The van der Waals surface area contributed by atoms with Crippen LogP contribution in [0.2, 0.25) is 0 Å². The average Bonchev–Trinajstić information content (AvgIpc) is 2.17. The van der Waals surface area contributed by atoms with Gasteiger partial charge in [0.1, 0.15) is 18.0 Å². The molecule has 1 aliphatic rings. The molecule has 0 aromatic carbocycles. The molecule has 0 spiro atoms. The zero-order chi connectivity index (χ0) is 9.26. The maximum atomic E-state index is 10.8. The van der Waals surface area contributed by atoms with Crippen molar-refractivity contribution in [3.05, 3.63) is 18.5 Å². The van der Waals surface area contributed by atoms with Gasteiger partial charge in [-0.1, -0.05) is 0 Å². The van der Waals surface area contributed by atoms with Crippen molar-refractivity contribution in [2.75, 3.05) is 18.1 Å². The summed E-state index contributed by atoms with van der Waals surface area (Å²) in [7, 11) is 0. The Balaban J connectivity index is 2.42. The average molecular weight is 180 g/mol. The number of hydrogen-bond donors (Lipinski definition) is 1. The lowest BCUT2D eigenvalue weighted by molar-refractivity contribution is 0.196. The van der Waals surface area contributed by atoms with Gasteiger partial charge >= 0.3 is 6.09 Å². The quantitative estimate of drug-likeness (QED) is 0.645. The molecule has 1 aliphatic heterocycles. The molecular weight excluding hydrogens is 172 g/mol. The van der Waals surface area contributed by atoms with Crippen molar-refractivity contribution in [3.63, 3.8) is 0 Å². The minimum Gasteiger partial charge on any atom is -0.489 e. The Kier molecular flexibility index (Phi) is 1.77. The Bertz CT molecular complexity index is 340. The maximum Gasteiger partial charge on any atom is 0.412 e. The second kappa shape index (κ2) is 2.93. The van der Waals surface area contributed by atoms with Crippen molar-refractivity contribution in [1.29, 1.82) is 0 Å². The predicted octanol–water partition coefficient (Wildman–Crippen LogP) is 0.958. The highest BCUT2D eigenvalue weighted by atomic mass is 16.5. The van der Waals surface area contributed by atoms with Crippen molar-refractivity contribution < 1.29 is 14.6 Å². The van der Waals surface area contributed by atoms with E-state index in [1.165, 1.54) is 11.1 Å². The molecular formula is C8H8N2O3. The summed E-state index contributed by atoms with van der Waals surface area (Å²) in [5, 5.41) is 8.83. The summed E-state index contributed by atoms with van der Waals surface area (Å²) in [6.07, 6.45) is 2.09. The van der Waals surface area contributed by atoms with Gasteiger partial charge in [0.15, 0.2) is 0 Å². The number of amides is 1. The molecule has 5 nitrogen and oxygen atoms in total. The number of fused-ring (bicyclic) bond motifs is 1. The van der Waals surface area contributed by atoms with Crippen LogP contribution in [0.3, 0.4) is 0 Å². The fourth-order valence-electron chi connectivity index (χ4n) is 1.26. The van der Waals surface area contributed by atoms with Crippen LogP contribution < -0.4 is 9.64 Å². The first-order valence-electron chi connectivity index (χ1n) is 3.86. The van der Waals surface area contributed by atoms with Crippen LogP contribution in [-0.4, -0.2) is 29.3 Å². The maximum absolute atomic E-state index is 10.8. The van der Waals surface area contributed by atoms with E-state index in [-0.39, 0.29) is 0 Å². The summed E-state index contributed by atoms with van der Waals surface area (Å²) < 4.78 is 5.26. The van der Waals surface area contributed by atoms with Gasteiger partial charge in [0, 0.05) is 12.3 Å². The number of ether oxygens (including phenoxy) is 1. The molecule has 0 saturated heterocycles. The third-order valence-corrected chi connectivity index (χ3v) is 1.86. The Labute approximate surface area is 74.6 Å². The normalized spacial score (nSPS) is 14.6. The third-order valence-electron chi connectivity index (χ3n) is 1.86. The molecule has 1 amide bonds. The lowest BCUT2D eigenvalue weighted by Gasteiger charge is -2.26. The van der Waals surface area contributed by atoms with E-state index in [4.69, 9.17) is 9.84 Å². The summed E-state index contributed by atoms with van der Waals surface area (Å²) in [6.45, 7) is 0.747. The highest BCUT2D eigenvalue weighted by molar-refractivity contribution is 5.88. The van der Waals surface area contributed by atoms with Crippen molar-refractivity contribution in [2.45, 2.75) is 0 Å². The van der Waals surface area contributed by atoms with Gasteiger partial charge in [-0.15, -0.1) is 0 Å². The Hall–Kier alpha value is -1.78. The first kappa shape index (κ1) is 7.85. The summed E-state index contributed by atoms with van der Waals surface area (Å²) in [5.74, 6) is 0.573. The molecule has 0 saturated carbocycles. The predicted molar refractivity (Wildman–Crippen MR) is 45.1 cm³/mol. The monoisotopic (exact) mass is 180 g/mol. The first-order chi connectivity index (χ1) is 6.29. The minimum atomic E-state index is -0.974. The van der Waals surface area contributed by atoms with E-state index in [9.17, 15) is 4.79 Å². The summed E-state index contributed by atoms with van der Waals surface area (Å²) >= 11 is 0. The molecule has 1 aromatic heterocycles. The zero-order valence-corrected chi connectivity index (χ0v) is 6.80. The van der Waals surface area contributed by atoms with Crippen molar-refractivity contribution >= 4 is 11.8 Å². The second-order valence-electron chi connectivity index (χ2n) is 2.63. The highest BCUT2D eigenvalue weighted by Gasteiger charge is 2.22. The molecule has 0 fully saturated rings. The van der Waals surface area contributed by atoms with Crippen LogP contribution in [0.15, 0.2) is 18.5 Å². The molecule has 2 rings (SSSR count). The molecule has 5 heteroatoms. The Morgan fingerprint density at radius 2 is 2.54 bits per heavy atom. The van der Waals surface area contributed by atoms with E-state index in [1.807, 2.05) is 0 Å². The number of anilines is 1. The van der Waals surface area contributed by atoms with Gasteiger partial charge in [-0.05, 0) is 0 Å². The number of hydrogen-bond acceptors (Lipinski definition) is 3. The van der Waals surface area contributed by atoms with Gasteiger partial charge in [0.25, 0.3) is 0 Å². The summed E-state index contributed by atoms with van der Waals surface area (Å²) in [5.41, 5.74) is 0.515. The topological polar surface area (TPSA) is 62.7 Å².